The highest BCUT2D eigenvalue weighted by Gasteiger charge is 2.34. The maximum Gasteiger partial charge on any atom is 0.123 e. The number of aromatic nitrogens is 4. The molecule has 2 fully saturated rings. The van der Waals surface area contributed by atoms with E-state index in [-0.39, 0.29) is 11.4 Å². The Morgan fingerprint density at radius 2 is 2.03 bits per heavy atom. The molecule has 1 atom stereocenters. The molecule has 2 aromatic heterocycles. The maximum atomic E-state index is 13.7. The summed E-state index contributed by atoms with van der Waals surface area (Å²) in [6.45, 7) is 3.12. The fourth-order valence-electron chi connectivity index (χ4n) is 4.43. The molecule has 1 unspecified atom stereocenters. The first-order valence-electron chi connectivity index (χ1n) is 11.7. The van der Waals surface area contributed by atoms with Gasteiger partial charge in [-0.25, -0.2) is 9.07 Å². The van der Waals surface area contributed by atoms with Crippen LogP contribution >= 0.6 is 11.6 Å². The van der Waals surface area contributed by atoms with Gasteiger partial charge in [0.15, 0.2) is 0 Å². The third-order valence-electron chi connectivity index (χ3n) is 6.57. The van der Waals surface area contributed by atoms with Gasteiger partial charge in [-0.15, -0.1) is 5.10 Å². The highest BCUT2D eigenvalue weighted by molar-refractivity contribution is 6.35. The van der Waals surface area contributed by atoms with Gasteiger partial charge in [-0.05, 0) is 49.6 Å². The second kappa shape index (κ2) is 8.73. The molecule has 2 aromatic carbocycles. The summed E-state index contributed by atoms with van der Waals surface area (Å²) >= 11 is 6.68. The Morgan fingerprint density at radius 3 is 2.69 bits per heavy atom. The van der Waals surface area contributed by atoms with Crippen LogP contribution in [-0.4, -0.2) is 38.7 Å². The van der Waals surface area contributed by atoms with Crippen molar-refractivity contribution in [3.05, 3.63) is 76.5 Å². The summed E-state index contributed by atoms with van der Waals surface area (Å²) in [5.74, 6) is -0.313. The fourth-order valence-corrected chi connectivity index (χ4v) is 4.70. The molecule has 2 N–H and O–H groups in total. The molecule has 6 rings (SSSR count). The minimum Gasteiger partial charge on any atom is -0.376 e. The van der Waals surface area contributed by atoms with Gasteiger partial charge >= 0.3 is 0 Å². The predicted molar refractivity (Wildman–Crippen MR) is 134 cm³/mol. The molecule has 3 heterocycles. The molecule has 2 aliphatic rings. The summed E-state index contributed by atoms with van der Waals surface area (Å²) in [6.07, 6.45) is 5.64. The molecule has 182 valence electrons. The quantitative estimate of drug-likeness (QED) is 0.356. The van der Waals surface area contributed by atoms with E-state index < -0.39 is 6.04 Å². The van der Waals surface area contributed by atoms with Crippen LogP contribution in [0, 0.1) is 17.1 Å². The zero-order chi connectivity index (χ0) is 24.9. The number of rotatable bonds is 7. The van der Waals surface area contributed by atoms with Gasteiger partial charge in [-0.2, -0.15) is 5.26 Å². The number of hydrogen-bond donors (Lipinski definition) is 2. The number of ether oxygens (including phenoxy) is 1. The number of nitrogens with one attached hydrogen (secondary N) is 2. The average Bonchev–Trinajstić information content (AvgIpc) is 3.59. The van der Waals surface area contributed by atoms with Crippen LogP contribution in [0.25, 0.3) is 10.9 Å². The van der Waals surface area contributed by atoms with E-state index in [4.69, 9.17) is 16.3 Å². The van der Waals surface area contributed by atoms with Gasteiger partial charge in [0.05, 0.1) is 58.8 Å². The highest BCUT2D eigenvalue weighted by Crippen LogP contribution is 2.38. The summed E-state index contributed by atoms with van der Waals surface area (Å²) in [7, 11) is 0. The number of nitriles is 1. The van der Waals surface area contributed by atoms with Crippen molar-refractivity contribution < 1.29 is 9.13 Å². The number of halogens is 2. The van der Waals surface area contributed by atoms with E-state index >= 15 is 0 Å². The second-order valence-electron chi connectivity index (χ2n) is 9.67. The van der Waals surface area contributed by atoms with Crippen molar-refractivity contribution in [2.75, 3.05) is 23.8 Å². The molecule has 10 heteroatoms. The Kier molecular flexibility index (Phi) is 5.51. The Labute approximate surface area is 212 Å². The minimum absolute atomic E-state index is 0.284. The van der Waals surface area contributed by atoms with Crippen LogP contribution in [0.2, 0.25) is 5.02 Å². The molecule has 1 aliphatic carbocycles. The standard InChI is InChI=1S/C26H23ClFN7O/c1-26(13-36-14-26)32-23-16(10-29)11-30-25-20(23)8-18(9-21(25)27)31-24(15-2-4-17(28)5-3-15)22-12-35(34-33-22)19-6-7-19/h2-5,8-9,11-12,19,24,31H,6-7,13-14H2,1H3,(H,30,32). The molecule has 4 aromatic rings. The Morgan fingerprint density at radius 1 is 1.25 bits per heavy atom. The number of anilines is 2. The molecule has 1 saturated heterocycles. The normalized spacial score (nSPS) is 17.3. The van der Waals surface area contributed by atoms with Crippen molar-refractivity contribution >= 4 is 33.9 Å². The molecule has 0 bridgehead atoms. The van der Waals surface area contributed by atoms with Gasteiger partial charge in [0.1, 0.15) is 17.6 Å². The van der Waals surface area contributed by atoms with Gasteiger partial charge < -0.3 is 15.4 Å². The van der Waals surface area contributed by atoms with Crippen molar-refractivity contribution in [1.82, 2.24) is 20.0 Å². The van der Waals surface area contributed by atoms with Crippen molar-refractivity contribution in [3.8, 4) is 6.07 Å². The Bertz CT molecular complexity index is 1490. The van der Waals surface area contributed by atoms with Crippen molar-refractivity contribution in [2.24, 2.45) is 0 Å². The van der Waals surface area contributed by atoms with Crippen molar-refractivity contribution in [2.45, 2.75) is 37.4 Å². The molecule has 0 amide bonds. The lowest BCUT2D eigenvalue weighted by Gasteiger charge is -2.40. The SMILES string of the molecule is CC1(Nc2c(C#N)cnc3c(Cl)cc(NC(c4ccc(F)cc4)c4cn(C5CC5)nn4)cc23)COC1. The van der Waals surface area contributed by atoms with Crippen LogP contribution in [0.15, 0.2) is 48.8 Å². The van der Waals surface area contributed by atoms with Gasteiger partial charge in [-0.3, -0.25) is 4.98 Å². The number of benzene rings is 2. The Hall–Kier alpha value is -3.74. The van der Waals surface area contributed by atoms with E-state index in [1.165, 1.54) is 18.3 Å². The predicted octanol–water partition coefficient (Wildman–Crippen LogP) is 5.23. The van der Waals surface area contributed by atoms with E-state index in [0.29, 0.717) is 52.4 Å². The molecule has 1 aliphatic heterocycles. The summed E-state index contributed by atoms with van der Waals surface area (Å²) in [4.78, 5) is 4.44. The first-order valence-corrected chi connectivity index (χ1v) is 12.1. The lowest BCUT2D eigenvalue weighted by atomic mass is 9.98. The third-order valence-corrected chi connectivity index (χ3v) is 6.86. The van der Waals surface area contributed by atoms with Crippen LogP contribution < -0.4 is 10.6 Å². The Balaban J connectivity index is 1.43. The average molecular weight is 504 g/mol. The van der Waals surface area contributed by atoms with Crippen LogP contribution in [0.5, 0.6) is 0 Å². The second-order valence-corrected chi connectivity index (χ2v) is 10.1. The largest absolute Gasteiger partial charge is 0.376 e. The topological polar surface area (TPSA) is 101 Å². The maximum absolute atomic E-state index is 13.7. The number of hydrogen-bond acceptors (Lipinski definition) is 7. The summed E-state index contributed by atoms with van der Waals surface area (Å²) < 4.78 is 21.0. The van der Waals surface area contributed by atoms with Gasteiger partial charge in [0.2, 0.25) is 0 Å². The van der Waals surface area contributed by atoms with Crippen LogP contribution in [-0.2, 0) is 4.74 Å². The van der Waals surface area contributed by atoms with Gasteiger partial charge in [0.25, 0.3) is 0 Å². The molecule has 1 saturated carbocycles. The molecule has 0 spiro atoms. The lowest BCUT2D eigenvalue weighted by molar-refractivity contribution is -0.0317. The van der Waals surface area contributed by atoms with Crippen molar-refractivity contribution in [1.29, 1.82) is 5.26 Å². The zero-order valence-electron chi connectivity index (χ0n) is 19.5. The van der Waals surface area contributed by atoms with E-state index in [0.717, 1.165) is 23.8 Å². The molecular weight excluding hydrogens is 481 g/mol. The fraction of sp³-hybridized carbons (Fsp3) is 0.308. The lowest BCUT2D eigenvalue weighted by Crippen LogP contribution is -2.53. The number of pyridine rings is 1. The van der Waals surface area contributed by atoms with Gasteiger partial charge in [0, 0.05) is 17.3 Å². The zero-order valence-corrected chi connectivity index (χ0v) is 20.3. The molecular formula is C26H23ClFN7O. The summed E-state index contributed by atoms with van der Waals surface area (Å²) in [5, 5.41) is 26.6. The van der Waals surface area contributed by atoms with E-state index in [1.807, 2.05) is 23.9 Å². The number of fused-ring (bicyclic) bond motifs is 1. The minimum atomic E-state index is -0.396. The van der Waals surface area contributed by atoms with Gasteiger partial charge in [-0.1, -0.05) is 28.9 Å². The van der Waals surface area contributed by atoms with E-state index in [9.17, 15) is 9.65 Å². The van der Waals surface area contributed by atoms with Crippen LogP contribution in [0.3, 0.4) is 0 Å². The summed E-state index contributed by atoms with van der Waals surface area (Å²) in [5.41, 5.74) is 3.64. The first kappa shape index (κ1) is 22.7. The third kappa shape index (κ3) is 4.23. The summed E-state index contributed by atoms with van der Waals surface area (Å²) in [6, 6.07) is 12.2. The monoisotopic (exact) mass is 503 g/mol. The van der Waals surface area contributed by atoms with Crippen LogP contribution in [0.4, 0.5) is 15.8 Å². The van der Waals surface area contributed by atoms with E-state index in [2.05, 4.69) is 32.0 Å². The highest BCUT2D eigenvalue weighted by atomic mass is 35.5. The molecule has 0 radical (unpaired) electrons. The van der Waals surface area contributed by atoms with Crippen molar-refractivity contribution in [3.63, 3.8) is 0 Å². The first-order chi connectivity index (χ1) is 17.4. The molecule has 36 heavy (non-hydrogen) atoms. The van der Waals surface area contributed by atoms with E-state index in [1.54, 1.807) is 18.2 Å². The number of nitrogens with zero attached hydrogens (tertiary/aromatic N) is 5. The smallest absolute Gasteiger partial charge is 0.123 e. The molecule has 8 nitrogen and oxygen atoms in total. The van der Waals surface area contributed by atoms with Crippen LogP contribution in [0.1, 0.15) is 48.7 Å².